The number of fused-ring (bicyclic) bond motifs is 1. The number of rotatable bonds is 11. The van der Waals surface area contributed by atoms with Crippen LogP contribution in [-0.4, -0.2) is 43.1 Å². The number of aromatic nitrogens is 5. The maximum absolute atomic E-state index is 14.4. The van der Waals surface area contributed by atoms with Gasteiger partial charge in [-0.3, -0.25) is 14.2 Å². The zero-order valence-corrected chi connectivity index (χ0v) is 24.5. The molecule has 0 fully saturated rings. The molecule has 0 saturated carbocycles. The van der Waals surface area contributed by atoms with Crippen LogP contribution in [0.4, 0.5) is 4.39 Å². The number of ketones is 1. The van der Waals surface area contributed by atoms with Crippen LogP contribution in [0.2, 0.25) is 0 Å². The van der Waals surface area contributed by atoms with Gasteiger partial charge in [0, 0.05) is 24.0 Å². The van der Waals surface area contributed by atoms with Crippen LogP contribution in [-0.2, 0) is 21.6 Å². The van der Waals surface area contributed by atoms with Crippen LogP contribution in [0.25, 0.3) is 15.2 Å². The molecule has 41 heavy (non-hydrogen) atoms. The number of halogens is 1. The first-order valence-corrected chi connectivity index (χ1v) is 13.8. The molecule has 0 N–H and O–H groups in total. The second-order valence-electron chi connectivity index (χ2n) is 10.3. The lowest BCUT2D eigenvalue weighted by atomic mass is 9.95. The van der Waals surface area contributed by atoms with Gasteiger partial charge in [-0.2, -0.15) is 15.5 Å². The summed E-state index contributed by atoms with van der Waals surface area (Å²) in [7, 11) is 1.45. The maximum Gasteiger partial charge on any atom is 0.333 e. The van der Waals surface area contributed by atoms with Crippen LogP contribution in [0.1, 0.15) is 57.8 Å². The van der Waals surface area contributed by atoms with Crippen molar-refractivity contribution >= 4 is 27.3 Å². The molecule has 3 aromatic heterocycles. The quantitative estimate of drug-likeness (QED) is 0.259. The number of benzene rings is 1. The fourth-order valence-corrected chi connectivity index (χ4v) is 5.99. The Morgan fingerprint density at radius 3 is 2.51 bits per heavy atom. The summed E-state index contributed by atoms with van der Waals surface area (Å²) in [4.78, 5) is 43.1. The average Bonchev–Trinajstić information content (AvgIpc) is 3.56. The monoisotopic (exact) mass is 582 g/mol. The van der Waals surface area contributed by atoms with E-state index in [9.17, 15) is 18.8 Å². The molecule has 1 aromatic carbocycles. The summed E-state index contributed by atoms with van der Waals surface area (Å²) in [6, 6.07) is 5.97. The highest BCUT2D eigenvalue weighted by molar-refractivity contribution is 7.21. The number of nitrogens with zero attached hydrogens (tertiary/aromatic N) is 6. The minimum atomic E-state index is -1.57. The molecule has 11 nitrogen and oxygen atoms in total. The molecule has 13 heteroatoms. The topological polar surface area (TPSA) is 134 Å². The summed E-state index contributed by atoms with van der Waals surface area (Å²) in [6.45, 7) is 8.20. The van der Waals surface area contributed by atoms with Gasteiger partial charge in [0.2, 0.25) is 0 Å². The molecule has 216 valence electrons. The fraction of sp³-hybridized carbons (Fsp3) is 0.429. The number of methoxy groups -OCH3 is 1. The van der Waals surface area contributed by atoms with E-state index in [1.54, 1.807) is 6.92 Å². The zero-order valence-electron chi connectivity index (χ0n) is 23.7. The molecular weight excluding hydrogens is 551 g/mol. The first kappa shape index (κ1) is 29.8. The average molecular weight is 583 g/mol. The molecule has 0 amide bonds. The van der Waals surface area contributed by atoms with Gasteiger partial charge in [0.05, 0.1) is 43.6 Å². The number of hydrogen-bond donors (Lipinski definition) is 0. The summed E-state index contributed by atoms with van der Waals surface area (Å²) in [5.74, 6) is -0.581. The molecule has 0 aliphatic heterocycles. The number of hydrogen-bond acceptors (Lipinski definition) is 9. The van der Waals surface area contributed by atoms with Crippen molar-refractivity contribution in [2.45, 2.75) is 71.8 Å². The molecular formula is C28H31FN6O5S. The summed E-state index contributed by atoms with van der Waals surface area (Å²) in [5, 5.41) is 18.1. The van der Waals surface area contributed by atoms with Crippen molar-refractivity contribution in [3.63, 3.8) is 0 Å². The smallest absolute Gasteiger partial charge is 0.333 e. The van der Waals surface area contributed by atoms with E-state index in [1.807, 2.05) is 19.9 Å². The van der Waals surface area contributed by atoms with Crippen molar-refractivity contribution in [2.75, 3.05) is 7.11 Å². The molecule has 0 unspecified atom stereocenters. The van der Waals surface area contributed by atoms with Crippen molar-refractivity contribution < 1.29 is 18.7 Å². The first-order chi connectivity index (χ1) is 19.4. The normalized spacial score (nSPS) is 12.6. The van der Waals surface area contributed by atoms with E-state index in [2.05, 4.69) is 10.2 Å². The van der Waals surface area contributed by atoms with Crippen molar-refractivity contribution in [1.82, 2.24) is 24.1 Å². The van der Waals surface area contributed by atoms with Gasteiger partial charge in [0.25, 0.3) is 5.56 Å². The Kier molecular flexibility index (Phi) is 8.55. The number of carbonyl (C=O) groups is 1. The van der Waals surface area contributed by atoms with E-state index in [0.29, 0.717) is 26.7 Å². The Bertz CT molecular complexity index is 1750. The van der Waals surface area contributed by atoms with Gasteiger partial charge in [-0.05, 0) is 52.8 Å². The van der Waals surface area contributed by atoms with Crippen LogP contribution in [0.5, 0.6) is 5.75 Å². The lowest BCUT2D eigenvalue weighted by Crippen LogP contribution is -2.52. The van der Waals surface area contributed by atoms with Crippen molar-refractivity contribution in [3.05, 3.63) is 68.4 Å². The van der Waals surface area contributed by atoms with Crippen LogP contribution >= 0.6 is 11.3 Å². The third-order valence-corrected chi connectivity index (χ3v) is 8.10. The highest BCUT2D eigenvalue weighted by atomic mass is 32.1. The van der Waals surface area contributed by atoms with E-state index in [-0.39, 0.29) is 30.9 Å². The second kappa shape index (κ2) is 11.8. The Morgan fingerprint density at radius 1 is 1.22 bits per heavy atom. The van der Waals surface area contributed by atoms with Crippen LogP contribution in [0.3, 0.4) is 0 Å². The van der Waals surface area contributed by atoms with E-state index in [4.69, 9.17) is 14.7 Å². The number of aryl methyl sites for hydroxylation is 1. The predicted molar refractivity (Wildman–Crippen MR) is 151 cm³/mol. The van der Waals surface area contributed by atoms with Gasteiger partial charge in [0.15, 0.2) is 5.78 Å². The van der Waals surface area contributed by atoms with E-state index in [1.165, 1.54) is 60.9 Å². The molecule has 4 rings (SSSR count). The molecule has 0 bridgehead atoms. The lowest BCUT2D eigenvalue weighted by Gasteiger charge is -2.28. The number of carbonyl (C=O) groups excluding carboxylic acids is 1. The molecule has 3 heterocycles. The number of thiophene rings is 1. The fourth-order valence-electron chi connectivity index (χ4n) is 4.77. The van der Waals surface area contributed by atoms with Crippen LogP contribution in [0.15, 0.2) is 40.2 Å². The van der Waals surface area contributed by atoms with Gasteiger partial charge in [-0.1, -0.05) is 11.3 Å². The molecule has 4 aromatic rings. The first-order valence-electron chi connectivity index (χ1n) is 13.0. The van der Waals surface area contributed by atoms with Crippen molar-refractivity contribution in [1.29, 1.82) is 5.26 Å². The van der Waals surface area contributed by atoms with Gasteiger partial charge in [-0.15, -0.1) is 4.80 Å². The van der Waals surface area contributed by atoms with Gasteiger partial charge >= 0.3 is 5.69 Å². The Morgan fingerprint density at radius 2 is 1.90 bits per heavy atom. The molecule has 0 radical (unpaired) electrons. The Labute approximate surface area is 239 Å². The van der Waals surface area contributed by atoms with Crippen LogP contribution in [0, 0.1) is 24.1 Å². The Hall–Kier alpha value is -4.15. The zero-order chi connectivity index (χ0) is 30.1. The molecule has 0 aliphatic carbocycles. The van der Waals surface area contributed by atoms with Gasteiger partial charge < -0.3 is 9.47 Å². The highest BCUT2D eigenvalue weighted by Gasteiger charge is 2.35. The number of Topliss-reactive ketones (excluding diaryl/α,β-unsaturated/α-hetero) is 1. The largest absolute Gasteiger partial charge is 0.496 e. The Balaban J connectivity index is 2.04. The summed E-state index contributed by atoms with van der Waals surface area (Å²) >= 11 is 1.15. The lowest BCUT2D eigenvalue weighted by molar-refractivity contribution is -0.126. The molecule has 1 atom stereocenters. The van der Waals surface area contributed by atoms with E-state index < -0.39 is 34.5 Å². The SMILES string of the molecule is COc1ccc(F)cc1[C@H](Cn1c(=O)n(C(C)(C)C(=O)CCC#N)c(=O)c2c(C)c(-n3nccn3)sc21)OC(C)C. The maximum atomic E-state index is 14.4. The minimum absolute atomic E-state index is 0.0519. The molecule has 0 spiro atoms. The van der Waals surface area contributed by atoms with Crippen molar-refractivity contribution in [3.8, 4) is 16.8 Å². The standard InChI is InChI=1S/C28H31FN6O5S/c1-16(2)40-21(19-14-18(29)9-10-20(19)39-6)15-33-26-23(17(3)25(41-26)35-31-12-13-32-35)24(37)34(27(33)38)28(4,5)22(36)8-7-11-30/h9-10,12-14,16,21H,7-8,15H2,1-6H3/t21-/m0/s1. The second-order valence-corrected chi connectivity index (χ2v) is 11.2. The molecule has 0 aliphatic rings. The third kappa shape index (κ3) is 5.57. The van der Waals surface area contributed by atoms with E-state index >= 15 is 0 Å². The number of nitriles is 1. The van der Waals surface area contributed by atoms with E-state index in [0.717, 1.165) is 15.9 Å². The molecule has 0 saturated heterocycles. The highest BCUT2D eigenvalue weighted by Crippen LogP contribution is 2.34. The van der Waals surface area contributed by atoms with Gasteiger partial charge in [0.1, 0.15) is 33.0 Å². The summed E-state index contributed by atoms with van der Waals surface area (Å²) in [6.07, 6.45) is 1.63. The summed E-state index contributed by atoms with van der Waals surface area (Å²) < 4.78 is 28.4. The third-order valence-electron chi connectivity index (χ3n) is 6.82. The minimum Gasteiger partial charge on any atom is -0.496 e. The predicted octanol–water partition coefficient (Wildman–Crippen LogP) is 4.04. The van der Waals surface area contributed by atoms with Crippen LogP contribution < -0.4 is 16.0 Å². The van der Waals surface area contributed by atoms with Crippen molar-refractivity contribution in [2.24, 2.45) is 0 Å². The number of ether oxygens (including phenoxy) is 2. The van der Waals surface area contributed by atoms with Gasteiger partial charge in [-0.25, -0.2) is 13.8 Å². The summed E-state index contributed by atoms with van der Waals surface area (Å²) in [5.41, 5.74) is -2.05.